The Hall–Kier alpha value is -3.37. The van der Waals surface area contributed by atoms with E-state index in [0.717, 1.165) is 55.5 Å². The van der Waals surface area contributed by atoms with Gasteiger partial charge in [0.15, 0.2) is 17.3 Å². The van der Waals surface area contributed by atoms with Crippen molar-refractivity contribution in [2.75, 3.05) is 38.2 Å². The monoisotopic (exact) mass is 434 g/mol. The number of benzene rings is 1. The molecule has 3 aromatic heterocycles. The van der Waals surface area contributed by atoms with Gasteiger partial charge in [0.1, 0.15) is 11.9 Å². The van der Waals surface area contributed by atoms with Crippen LogP contribution in [0.25, 0.3) is 17.0 Å². The lowest BCUT2D eigenvalue weighted by molar-refractivity contribution is 0.109. The standard InChI is InChI=1S/C22H26N8O2/c1-16(31-2)21-23-20(32-27-21)15-28-11-6-12-29(14-13-28)19-10-9-18-24-25-22(30(18)26-19)17-7-4-3-5-8-17/h3-5,7-10,16H,6,11-15H2,1-2H3. The van der Waals surface area contributed by atoms with Gasteiger partial charge in [-0.3, -0.25) is 4.90 Å². The van der Waals surface area contributed by atoms with E-state index in [9.17, 15) is 0 Å². The Kier molecular flexibility index (Phi) is 5.78. The van der Waals surface area contributed by atoms with Gasteiger partial charge < -0.3 is 14.2 Å². The summed E-state index contributed by atoms with van der Waals surface area (Å²) in [6, 6.07) is 14.0. The maximum Gasteiger partial charge on any atom is 0.240 e. The van der Waals surface area contributed by atoms with Crippen LogP contribution in [0.15, 0.2) is 47.0 Å². The van der Waals surface area contributed by atoms with Gasteiger partial charge in [0, 0.05) is 38.9 Å². The first-order chi connectivity index (χ1) is 15.7. The molecule has 0 radical (unpaired) electrons. The van der Waals surface area contributed by atoms with E-state index in [2.05, 4.69) is 30.1 Å². The summed E-state index contributed by atoms with van der Waals surface area (Å²) in [6.07, 6.45) is 0.842. The predicted octanol–water partition coefficient (Wildman–Crippen LogP) is 2.59. The molecule has 1 aliphatic heterocycles. The number of hydrogen-bond acceptors (Lipinski definition) is 9. The van der Waals surface area contributed by atoms with Gasteiger partial charge >= 0.3 is 0 Å². The highest BCUT2D eigenvalue weighted by molar-refractivity contribution is 5.59. The SMILES string of the molecule is COC(C)c1noc(CN2CCCN(c3ccc4nnc(-c5ccccc5)n4n3)CC2)n1. The predicted molar refractivity (Wildman–Crippen MR) is 118 cm³/mol. The van der Waals surface area contributed by atoms with E-state index in [0.29, 0.717) is 18.3 Å². The lowest BCUT2D eigenvalue weighted by Crippen LogP contribution is -2.31. The Morgan fingerprint density at radius 1 is 1.03 bits per heavy atom. The molecule has 0 spiro atoms. The second-order valence-corrected chi connectivity index (χ2v) is 7.89. The molecule has 1 aromatic carbocycles. The molecule has 0 N–H and O–H groups in total. The van der Waals surface area contributed by atoms with E-state index < -0.39 is 0 Å². The molecule has 0 amide bonds. The molecule has 10 nitrogen and oxygen atoms in total. The van der Waals surface area contributed by atoms with E-state index in [4.69, 9.17) is 14.4 Å². The normalized spacial score (nSPS) is 16.4. The molecule has 4 aromatic rings. The van der Waals surface area contributed by atoms with Gasteiger partial charge in [-0.25, -0.2) is 0 Å². The van der Waals surface area contributed by atoms with Crippen molar-refractivity contribution in [3.05, 3.63) is 54.2 Å². The van der Waals surface area contributed by atoms with E-state index in [1.54, 1.807) is 7.11 Å². The zero-order chi connectivity index (χ0) is 21.9. The van der Waals surface area contributed by atoms with Crippen molar-refractivity contribution in [2.24, 2.45) is 0 Å². The summed E-state index contributed by atoms with van der Waals surface area (Å²) in [7, 11) is 1.64. The molecule has 166 valence electrons. The van der Waals surface area contributed by atoms with Crippen molar-refractivity contribution in [2.45, 2.75) is 26.0 Å². The third-order valence-corrected chi connectivity index (χ3v) is 5.75. The average Bonchev–Trinajstić information content (AvgIpc) is 3.41. The summed E-state index contributed by atoms with van der Waals surface area (Å²) in [6.45, 7) is 6.15. The molecular weight excluding hydrogens is 408 g/mol. The fraction of sp³-hybridized carbons (Fsp3) is 0.409. The van der Waals surface area contributed by atoms with Gasteiger partial charge in [-0.15, -0.1) is 15.3 Å². The van der Waals surface area contributed by atoms with Crippen LogP contribution in [0.4, 0.5) is 5.82 Å². The summed E-state index contributed by atoms with van der Waals surface area (Å²) >= 11 is 0. The molecule has 1 aliphatic rings. The first-order valence-electron chi connectivity index (χ1n) is 10.8. The Balaban J connectivity index is 1.29. The number of rotatable bonds is 6. The Morgan fingerprint density at radius 3 is 2.75 bits per heavy atom. The zero-order valence-corrected chi connectivity index (χ0v) is 18.3. The maximum atomic E-state index is 5.41. The number of nitrogens with zero attached hydrogens (tertiary/aromatic N) is 8. The summed E-state index contributed by atoms with van der Waals surface area (Å²) < 4.78 is 12.5. The van der Waals surface area contributed by atoms with Crippen molar-refractivity contribution in [3.63, 3.8) is 0 Å². The van der Waals surface area contributed by atoms with E-state index in [1.807, 2.05) is 53.9 Å². The lowest BCUT2D eigenvalue weighted by Gasteiger charge is -2.22. The molecule has 10 heteroatoms. The third-order valence-electron chi connectivity index (χ3n) is 5.75. The average molecular weight is 435 g/mol. The molecule has 32 heavy (non-hydrogen) atoms. The summed E-state index contributed by atoms with van der Waals surface area (Å²) in [4.78, 5) is 9.10. The van der Waals surface area contributed by atoms with E-state index >= 15 is 0 Å². The van der Waals surface area contributed by atoms with Crippen molar-refractivity contribution in [1.82, 2.24) is 34.9 Å². The van der Waals surface area contributed by atoms with Crippen LogP contribution < -0.4 is 4.90 Å². The minimum absolute atomic E-state index is 0.174. The third kappa shape index (κ3) is 4.19. The molecule has 1 saturated heterocycles. The maximum absolute atomic E-state index is 5.41. The number of ether oxygens (including phenoxy) is 1. The van der Waals surface area contributed by atoms with Crippen LogP contribution in [0.2, 0.25) is 0 Å². The van der Waals surface area contributed by atoms with Crippen molar-refractivity contribution < 1.29 is 9.26 Å². The second-order valence-electron chi connectivity index (χ2n) is 7.89. The van der Waals surface area contributed by atoms with Crippen LogP contribution in [-0.4, -0.2) is 68.1 Å². The number of fused-ring (bicyclic) bond motifs is 1. The first-order valence-corrected chi connectivity index (χ1v) is 10.8. The van der Waals surface area contributed by atoms with Crippen LogP contribution in [0.3, 0.4) is 0 Å². The molecular formula is C22H26N8O2. The van der Waals surface area contributed by atoms with E-state index in [1.165, 1.54) is 0 Å². The van der Waals surface area contributed by atoms with Gasteiger partial charge in [-0.05, 0) is 25.5 Å². The minimum atomic E-state index is -0.174. The lowest BCUT2D eigenvalue weighted by atomic mass is 10.2. The highest BCUT2D eigenvalue weighted by atomic mass is 16.5. The van der Waals surface area contributed by atoms with Crippen LogP contribution in [0.5, 0.6) is 0 Å². The van der Waals surface area contributed by atoms with Gasteiger partial charge in [-0.1, -0.05) is 35.5 Å². The molecule has 1 unspecified atom stereocenters. The summed E-state index contributed by atoms with van der Waals surface area (Å²) in [5.41, 5.74) is 1.73. The number of aromatic nitrogens is 6. The fourth-order valence-corrected chi connectivity index (χ4v) is 3.87. The molecule has 5 rings (SSSR count). The molecule has 0 bridgehead atoms. The number of hydrogen-bond donors (Lipinski definition) is 0. The van der Waals surface area contributed by atoms with Crippen LogP contribution in [-0.2, 0) is 11.3 Å². The van der Waals surface area contributed by atoms with Gasteiger partial charge in [0.05, 0.1) is 6.54 Å². The van der Waals surface area contributed by atoms with Crippen molar-refractivity contribution in [1.29, 1.82) is 0 Å². The quantitative estimate of drug-likeness (QED) is 0.453. The summed E-state index contributed by atoms with van der Waals surface area (Å²) in [5, 5.41) is 17.5. The smallest absolute Gasteiger partial charge is 0.240 e. The Bertz CT molecular complexity index is 1180. The van der Waals surface area contributed by atoms with Crippen molar-refractivity contribution in [3.8, 4) is 11.4 Å². The van der Waals surface area contributed by atoms with Crippen LogP contribution in [0.1, 0.15) is 31.2 Å². The van der Waals surface area contributed by atoms with Crippen LogP contribution in [0, 0.1) is 0 Å². The first kappa shape index (κ1) is 20.5. The van der Waals surface area contributed by atoms with E-state index in [-0.39, 0.29) is 6.10 Å². The molecule has 1 atom stereocenters. The second kappa shape index (κ2) is 9.01. The van der Waals surface area contributed by atoms with Crippen LogP contribution >= 0.6 is 0 Å². The Labute approximate surface area is 185 Å². The van der Waals surface area contributed by atoms with Gasteiger partial charge in [0.2, 0.25) is 5.89 Å². The molecule has 0 saturated carbocycles. The largest absolute Gasteiger partial charge is 0.374 e. The molecule has 4 heterocycles. The highest BCUT2D eigenvalue weighted by Gasteiger charge is 2.20. The molecule has 0 aliphatic carbocycles. The topological polar surface area (TPSA) is 97.7 Å². The number of methoxy groups -OCH3 is 1. The van der Waals surface area contributed by atoms with Gasteiger partial charge in [0.25, 0.3) is 0 Å². The number of anilines is 1. The Morgan fingerprint density at radius 2 is 1.91 bits per heavy atom. The summed E-state index contributed by atoms with van der Waals surface area (Å²) in [5.74, 6) is 2.87. The van der Waals surface area contributed by atoms with Gasteiger partial charge in [-0.2, -0.15) is 9.50 Å². The zero-order valence-electron chi connectivity index (χ0n) is 18.3. The molecule has 1 fully saturated rings. The minimum Gasteiger partial charge on any atom is -0.374 e. The van der Waals surface area contributed by atoms with Crippen molar-refractivity contribution >= 4 is 11.5 Å². The highest BCUT2D eigenvalue weighted by Crippen LogP contribution is 2.21. The fourth-order valence-electron chi connectivity index (χ4n) is 3.87.